The first kappa shape index (κ1) is 12.8. The molecule has 15 heavy (non-hydrogen) atoms. The number of rotatable bonds is 3. The number of carbonyl (C=O) groups excluding carboxylic acids is 1. The second-order valence-electron chi connectivity index (χ2n) is 2.70. The molecule has 0 saturated heterocycles. The number of halogens is 4. The normalized spacial score (nSPS) is 10.5. The van der Waals surface area contributed by atoms with Gasteiger partial charge in [0.1, 0.15) is 0 Å². The summed E-state index contributed by atoms with van der Waals surface area (Å²) in [6, 6.07) is 2.97. The van der Waals surface area contributed by atoms with Crippen molar-refractivity contribution < 1.29 is 18.3 Å². The molecule has 6 heteroatoms. The Morgan fingerprint density at radius 1 is 1.53 bits per heavy atom. The van der Waals surface area contributed by atoms with Gasteiger partial charge in [-0.3, -0.25) is 4.79 Å². The molecule has 1 rings (SSSR count). The molecular formula is C9H6BrF2IO2. The molecular weight excluding hydrogens is 385 g/mol. The van der Waals surface area contributed by atoms with E-state index in [2.05, 4.69) is 20.7 Å². The zero-order valence-corrected chi connectivity index (χ0v) is 11.3. The summed E-state index contributed by atoms with van der Waals surface area (Å²) in [5.41, 5.74) is 0.452. The van der Waals surface area contributed by atoms with Gasteiger partial charge in [0.2, 0.25) is 0 Å². The first-order valence-corrected chi connectivity index (χ1v) is 5.73. The van der Waals surface area contributed by atoms with Crippen LogP contribution in [0, 0.1) is 3.57 Å². The quantitative estimate of drug-likeness (QED) is 0.578. The van der Waals surface area contributed by atoms with Crippen molar-refractivity contribution in [2.75, 3.05) is 0 Å². The monoisotopic (exact) mass is 390 g/mol. The molecule has 0 bridgehead atoms. The molecule has 0 unspecified atom stereocenters. The van der Waals surface area contributed by atoms with E-state index in [0.717, 1.165) is 0 Å². The Hall–Kier alpha value is -0.240. The van der Waals surface area contributed by atoms with Gasteiger partial charge in [-0.2, -0.15) is 8.78 Å². The largest absolute Gasteiger partial charge is 0.432 e. The van der Waals surface area contributed by atoms with Gasteiger partial charge in [-0.1, -0.05) is 0 Å². The fourth-order valence-corrected chi connectivity index (χ4v) is 2.64. The molecule has 0 saturated carbocycles. The Bertz CT molecular complexity index is 373. The van der Waals surface area contributed by atoms with Crippen LogP contribution >= 0.6 is 38.5 Å². The number of hydrogen-bond acceptors (Lipinski definition) is 2. The Labute approximate surface area is 107 Å². The van der Waals surface area contributed by atoms with Gasteiger partial charge in [0, 0.05) is 5.56 Å². The van der Waals surface area contributed by atoms with Gasteiger partial charge in [0.05, 0.1) is 8.04 Å². The lowest BCUT2D eigenvalue weighted by Crippen LogP contribution is -2.05. The number of ether oxygens (including phenoxy) is 1. The van der Waals surface area contributed by atoms with Crippen molar-refractivity contribution in [3.63, 3.8) is 0 Å². The summed E-state index contributed by atoms with van der Waals surface area (Å²) in [6.07, 6.45) is 0. The predicted octanol–water partition coefficient (Wildman–Crippen LogP) is 3.86. The lowest BCUT2D eigenvalue weighted by molar-refractivity contribution is -0.0509. The maximum absolute atomic E-state index is 12.0. The Morgan fingerprint density at radius 3 is 2.53 bits per heavy atom. The highest BCUT2D eigenvalue weighted by Gasteiger charge is 2.14. The van der Waals surface area contributed by atoms with E-state index in [1.54, 1.807) is 0 Å². The number of Topliss-reactive ketones (excluding diaryl/α,β-unsaturated/α-hetero) is 1. The number of carbonyl (C=O) groups is 1. The zero-order valence-electron chi connectivity index (χ0n) is 7.56. The van der Waals surface area contributed by atoms with Gasteiger partial charge in [-0.15, -0.1) is 0 Å². The highest BCUT2D eigenvalue weighted by Crippen LogP contribution is 2.33. The fraction of sp³-hybridized carbons (Fsp3) is 0.222. The Kier molecular flexibility index (Phi) is 4.45. The molecule has 0 heterocycles. The molecule has 0 aliphatic carbocycles. The van der Waals surface area contributed by atoms with Gasteiger partial charge < -0.3 is 4.74 Å². The fourth-order valence-electron chi connectivity index (χ4n) is 0.965. The molecule has 0 atom stereocenters. The third kappa shape index (κ3) is 3.37. The van der Waals surface area contributed by atoms with E-state index in [-0.39, 0.29) is 11.5 Å². The molecule has 0 aromatic heterocycles. The van der Waals surface area contributed by atoms with E-state index < -0.39 is 6.61 Å². The maximum atomic E-state index is 12.0. The second-order valence-corrected chi connectivity index (χ2v) is 4.72. The minimum atomic E-state index is -2.88. The summed E-state index contributed by atoms with van der Waals surface area (Å²) >= 11 is 4.92. The van der Waals surface area contributed by atoms with Crippen LogP contribution in [0.15, 0.2) is 16.6 Å². The van der Waals surface area contributed by atoms with Crippen molar-refractivity contribution >= 4 is 44.3 Å². The first-order valence-electron chi connectivity index (χ1n) is 3.86. The van der Waals surface area contributed by atoms with Crippen molar-refractivity contribution in [2.45, 2.75) is 13.5 Å². The minimum Gasteiger partial charge on any atom is -0.432 e. The molecule has 1 aromatic rings. The number of ketones is 1. The molecule has 0 aliphatic rings. The summed E-state index contributed by atoms with van der Waals surface area (Å²) in [5.74, 6) is -0.0761. The van der Waals surface area contributed by atoms with Gasteiger partial charge in [-0.25, -0.2) is 0 Å². The molecule has 82 valence electrons. The van der Waals surface area contributed by atoms with Crippen LogP contribution in [-0.4, -0.2) is 12.4 Å². The lowest BCUT2D eigenvalue weighted by atomic mass is 10.1. The van der Waals surface area contributed by atoms with Gasteiger partial charge in [0.15, 0.2) is 11.5 Å². The Balaban J connectivity index is 3.15. The van der Waals surface area contributed by atoms with Crippen LogP contribution in [0.3, 0.4) is 0 Å². The van der Waals surface area contributed by atoms with Gasteiger partial charge >= 0.3 is 6.61 Å². The summed E-state index contributed by atoms with van der Waals surface area (Å²) in [5, 5.41) is 0. The van der Waals surface area contributed by atoms with Crippen LogP contribution in [0.2, 0.25) is 0 Å². The van der Waals surface area contributed by atoms with Crippen molar-refractivity contribution in [1.82, 2.24) is 0 Å². The number of benzene rings is 1. The molecule has 0 aliphatic heterocycles. The highest BCUT2D eigenvalue weighted by atomic mass is 127. The summed E-state index contributed by atoms with van der Waals surface area (Å²) in [7, 11) is 0. The molecule has 2 nitrogen and oxygen atoms in total. The van der Waals surface area contributed by atoms with Gasteiger partial charge in [-0.05, 0) is 57.6 Å². The topological polar surface area (TPSA) is 26.3 Å². The summed E-state index contributed by atoms with van der Waals surface area (Å²) in [6.45, 7) is -1.47. The van der Waals surface area contributed by atoms with Crippen LogP contribution in [-0.2, 0) is 0 Å². The highest BCUT2D eigenvalue weighted by molar-refractivity contribution is 14.1. The lowest BCUT2D eigenvalue weighted by Gasteiger charge is -2.10. The molecule has 0 spiro atoms. The molecule has 0 fully saturated rings. The van der Waals surface area contributed by atoms with E-state index in [0.29, 0.717) is 13.6 Å². The SMILES string of the molecule is CC(=O)c1cc(Br)c(OC(F)F)c(I)c1. The van der Waals surface area contributed by atoms with Crippen LogP contribution in [0.1, 0.15) is 17.3 Å². The smallest absolute Gasteiger partial charge is 0.387 e. The summed E-state index contributed by atoms with van der Waals surface area (Å²) < 4.78 is 29.2. The van der Waals surface area contributed by atoms with E-state index in [1.807, 2.05) is 22.6 Å². The van der Waals surface area contributed by atoms with Crippen molar-refractivity contribution in [1.29, 1.82) is 0 Å². The average Bonchev–Trinajstić information content (AvgIpc) is 2.10. The van der Waals surface area contributed by atoms with E-state index >= 15 is 0 Å². The minimum absolute atomic E-state index is 0.0515. The molecule has 0 N–H and O–H groups in total. The van der Waals surface area contributed by atoms with Crippen LogP contribution in [0.25, 0.3) is 0 Å². The van der Waals surface area contributed by atoms with Crippen molar-refractivity contribution in [2.24, 2.45) is 0 Å². The zero-order chi connectivity index (χ0) is 11.6. The van der Waals surface area contributed by atoms with E-state index in [9.17, 15) is 13.6 Å². The average molecular weight is 391 g/mol. The maximum Gasteiger partial charge on any atom is 0.387 e. The van der Waals surface area contributed by atoms with Crippen LogP contribution < -0.4 is 4.74 Å². The molecule has 0 radical (unpaired) electrons. The first-order chi connectivity index (χ1) is 6.91. The number of hydrogen-bond donors (Lipinski definition) is 0. The third-order valence-electron chi connectivity index (χ3n) is 1.61. The van der Waals surface area contributed by atoms with Crippen molar-refractivity contribution in [3.8, 4) is 5.75 Å². The van der Waals surface area contributed by atoms with Crippen LogP contribution in [0.4, 0.5) is 8.78 Å². The Morgan fingerprint density at radius 2 is 2.13 bits per heavy atom. The summed E-state index contributed by atoms with van der Waals surface area (Å²) in [4.78, 5) is 11.1. The molecule has 0 amide bonds. The van der Waals surface area contributed by atoms with Gasteiger partial charge in [0.25, 0.3) is 0 Å². The van der Waals surface area contributed by atoms with E-state index in [1.165, 1.54) is 19.1 Å². The number of alkyl halides is 2. The molecule has 1 aromatic carbocycles. The van der Waals surface area contributed by atoms with E-state index in [4.69, 9.17) is 0 Å². The van der Waals surface area contributed by atoms with Crippen LogP contribution in [0.5, 0.6) is 5.75 Å². The standard InChI is InChI=1S/C9H6BrF2IO2/c1-4(14)5-2-6(10)8(7(13)3-5)15-9(11)12/h2-3,9H,1H3. The van der Waals surface area contributed by atoms with Crippen molar-refractivity contribution in [3.05, 3.63) is 25.7 Å². The third-order valence-corrected chi connectivity index (χ3v) is 3.00. The predicted molar refractivity (Wildman–Crippen MR) is 63.5 cm³/mol. The second kappa shape index (κ2) is 5.20.